The molecule has 1 aromatic rings. The number of nitrogens with zero attached hydrogens (tertiary/aromatic N) is 2. The number of carbonyl (C=O) groups is 2. The number of hydrogen-bond donors (Lipinski definition) is 0. The van der Waals surface area contributed by atoms with Crippen molar-refractivity contribution >= 4 is 11.7 Å². The lowest BCUT2D eigenvalue weighted by Crippen LogP contribution is -2.39. The van der Waals surface area contributed by atoms with E-state index in [1.165, 1.54) is 5.56 Å². The van der Waals surface area contributed by atoms with Gasteiger partial charge in [0.2, 0.25) is 0 Å². The molecule has 3 aliphatic rings. The monoisotopic (exact) mass is 410 g/mol. The van der Waals surface area contributed by atoms with E-state index in [2.05, 4.69) is 49.9 Å². The van der Waals surface area contributed by atoms with Crippen LogP contribution >= 0.6 is 0 Å². The first-order chi connectivity index (χ1) is 14.5. The SMILES string of the molecule is CCN(CC)CCCN1C(=O)C2=C(C(=O)C3CCCCC3O2)C1c1ccc(C)cc1. The Labute approximate surface area is 180 Å². The summed E-state index contributed by atoms with van der Waals surface area (Å²) in [4.78, 5) is 31.2. The standard InChI is InChI=1S/C25H34N2O3/c1-4-26(5-2)15-8-16-27-22(18-13-11-17(3)12-14-18)21-23(28)19-9-6-7-10-20(19)30-24(21)25(27)29/h11-14,19-20,22H,4-10,15-16H2,1-3H3. The number of aryl methyl sites for hydroxylation is 1. The van der Waals surface area contributed by atoms with E-state index in [0.717, 1.165) is 57.3 Å². The Balaban J connectivity index is 1.64. The summed E-state index contributed by atoms with van der Waals surface area (Å²) in [5.41, 5.74) is 2.78. The van der Waals surface area contributed by atoms with E-state index in [4.69, 9.17) is 4.74 Å². The van der Waals surface area contributed by atoms with Crippen molar-refractivity contribution in [1.82, 2.24) is 9.80 Å². The van der Waals surface area contributed by atoms with Gasteiger partial charge in [0, 0.05) is 6.54 Å². The van der Waals surface area contributed by atoms with Crippen molar-refractivity contribution in [3.05, 3.63) is 46.7 Å². The zero-order valence-corrected chi connectivity index (χ0v) is 18.5. The number of ether oxygens (including phenoxy) is 1. The van der Waals surface area contributed by atoms with Crippen LogP contribution in [0, 0.1) is 12.8 Å². The lowest BCUT2D eigenvalue weighted by molar-refractivity contribution is -0.135. The molecule has 2 aliphatic heterocycles. The third-order valence-electron chi connectivity index (χ3n) is 7.02. The molecule has 0 aromatic heterocycles. The van der Waals surface area contributed by atoms with Crippen molar-refractivity contribution in [2.45, 2.75) is 65.0 Å². The third kappa shape index (κ3) is 3.80. The minimum atomic E-state index is -0.319. The van der Waals surface area contributed by atoms with Crippen LogP contribution in [0.25, 0.3) is 0 Å². The Morgan fingerprint density at radius 1 is 1.07 bits per heavy atom. The maximum atomic E-state index is 13.5. The first kappa shape index (κ1) is 21.1. The fourth-order valence-corrected chi connectivity index (χ4v) is 5.22. The van der Waals surface area contributed by atoms with E-state index >= 15 is 0 Å². The summed E-state index contributed by atoms with van der Waals surface area (Å²) >= 11 is 0. The fraction of sp³-hybridized carbons (Fsp3) is 0.600. The Morgan fingerprint density at radius 3 is 2.47 bits per heavy atom. The van der Waals surface area contributed by atoms with Crippen molar-refractivity contribution in [3.8, 4) is 0 Å². The molecule has 1 aromatic carbocycles. The van der Waals surface area contributed by atoms with E-state index in [1.54, 1.807) is 0 Å². The zero-order valence-electron chi connectivity index (χ0n) is 18.5. The number of fused-ring (bicyclic) bond motifs is 1. The highest BCUT2D eigenvalue weighted by atomic mass is 16.5. The van der Waals surface area contributed by atoms with Crippen LogP contribution in [0.5, 0.6) is 0 Å². The van der Waals surface area contributed by atoms with Gasteiger partial charge < -0.3 is 14.5 Å². The minimum Gasteiger partial charge on any atom is -0.483 e. The van der Waals surface area contributed by atoms with Crippen molar-refractivity contribution in [3.63, 3.8) is 0 Å². The molecule has 4 rings (SSSR count). The molecular weight excluding hydrogens is 376 g/mol. The molecule has 1 aliphatic carbocycles. The molecule has 3 unspecified atom stereocenters. The van der Waals surface area contributed by atoms with Gasteiger partial charge in [0.25, 0.3) is 5.91 Å². The fourth-order valence-electron chi connectivity index (χ4n) is 5.22. The molecule has 0 radical (unpaired) electrons. The Morgan fingerprint density at radius 2 is 1.77 bits per heavy atom. The summed E-state index contributed by atoms with van der Waals surface area (Å²) < 4.78 is 6.23. The molecule has 0 bridgehead atoms. The highest BCUT2D eigenvalue weighted by Crippen LogP contribution is 2.46. The normalized spacial score (nSPS) is 26.1. The number of ketones is 1. The maximum absolute atomic E-state index is 13.5. The number of carbonyl (C=O) groups excluding carboxylic acids is 2. The van der Waals surface area contributed by atoms with Gasteiger partial charge in [-0.1, -0.05) is 50.1 Å². The molecule has 1 fully saturated rings. The Bertz CT molecular complexity index is 825. The second-order valence-electron chi connectivity index (χ2n) is 8.85. The molecule has 2 heterocycles. The highest BCUT2D eigenvalue weighted by molar-refractivity contribution is 6.11. The van der Waals surface area contributed by atoms with Gasteiger partial charge in [-0.3, -0.25) is 9.59 Å². The Kier molecular flexibility index (Phi) is 6.28. The van der Waals surface area contributed by atoms with E-state index in [0.29, 0.717) is 17.9 Å². The molecule has 0 spiro atoms. The predicted octanol–water partition coefficient (Wildman–Crippen LogP) is 4.02. The van der Waals surface area contributed by atoms with Crippen LogP contribution < -0.4 is 0 Å². The zero-order chi connectivity index (χ0) is 21.3. The molecule has 5 nitrogen and oxygen atoms in total. The van der Waals surface area contributed by atoms with Crippen LogP contribution in [0.3, 0.4) is 0 Å². The Hall–Kier alpha value is -2.14. The largest absolute Gasteiger partial charge is 0.483 e. The molecule has 1 saturated carbocycles. The van der Waals surface area contributed by atoms with Crippen LogP contribution in [0.15, 0.2) is 35.6 Å². The van der Waals surface area contributed by atoms with Gasteiger partial charge >= 0.3 is 0 Å². The lowest BCUT2D eigenvalue weighted by atomic mass is 9.77. The number of Topliss-reactive ketones (excluding diaryl/α,β-unsaturated/α-hetero) is 1. The van der Waals surface area contributed by atoms with Crippen molar-refractivity contribution in [2.24, 2.45) is 5.92 Å². The third-order valence-corrected chi connectivity index (χ3v) is 7.02. The van der Waals surface area contributed by atoms with Crippen molar-refractivity contribution in [1.29, 1.82) is 0 Å². The molecule has 0 saturated heterocycles. The minimum absolute atomic E-state index is 0.0890. The van der Waals surface area contributed by atoms with E-state index in [9.17, 15) is 9.59 Å². The second kappa shape index (κ2) is 8.93. The molecule has 1 amide bonds. The highest BCUT2D eigenvalue weighted by Gasteiger charge is 2.51. The summed E-state index contributed by atoms with van der Waals surface area (Å²) in [6, 6.07) is 7.91. The van der Waals surface area contributed by atoms with Gasteiger partial charge in [0.1, 0.15) is 6.10 Å². The number of hydrogen-bond acceptors (Lipinski definition) is 4. The number of benzene rings is 1. The summed E-state index contributed by atoms with van der Waals surface area (Å²) in [6.07, 6.45) is 4.64. The summed E-state index contributed by atoms with van der Waals surface area (Å²) in [6.45, 7) is 9.96. The van der Waals surface area contributed by atoms with Crippen LogP contribution in [0.2, 0.25) is 0 Å². The van der Waals surface area contributed by atoms with Gasteiger partial charge in [0.05, 0.1) is 17.5 Å². The van der Waals surface area contributed by atoms with Crippen LogP contribution in [0.1, 0.15) is 63.1 Å². The van der Waals surface area contributed by atoms with Gasteiger partial charge in [-0.05, 0) is 57.8 Å². The molecule has 5 heteroatoms. The topological polar surface area (TPSA) is 49.9 Å². The summed E-state index contributed by atoms with van der Waals surface area (Å²) in [7, 11) is 0. The van der Waals surface area contributed by atoms with Gasteiger partial charge in [-0.25, -0.2) is 0 Å². The average molecular weight is 411 g/mol. The molecule has 0 N–H and O–H groups in total. The lowest BCUT2D eigenvalue weighted by Gasteiger charge is -2.35. The predicted molar refractivity (Wildman–Crippen MR) is 117 cm³/mol. The smallest absolute Gasteiger partial charge is 0.290 e. The maximum Gasteiger partial charge on any atom is 0.290 e. The van der Waals surface area contributed by atoms with Crippen molar-refractivity contribution < 1.29 is 14.3 Å². The molecule has 162 valence electrons. The van der Waals surface area contributed by atoms with Crippen molar-refractivity contribution in [2.75, 3.05) is 26.2 Å². The van der Waals surface area contributed by atoms with Gasteiger partial charge in [-0.2, -0.15) is 0 Å². The van der Waals surface area contributed by atoms with E-state index in [1.807, 2.05) is 4.90 Å². The van der Waals surface area contributed by atoms with Gasteiger partial charge in [-0.15, -0.1) is 0 Å². The summed E-state index contributed by atoms with van der Waals surface area (Å²) in [5.74, 6) is 0.282. The van der Waals surface area contributed by atoms with Gasteiger partial charge in [0.15, 0.2) is 11.5 Å². The van der Waals surface area contributed by atoms with Crippen LogP contribution in [0.4, 0.5) is 0 Å². The molecular formula is C25H34N2O3. The molecule has 3 atom stereocenters. The first-order valence-electron chi connectivity index (χ1n) is 11.6. The number of amides is 1. The quantitative estimate of drug-likeness (QED) is 0.681. The summed E-state index contributed by atoms with van der Waals surface area (Å²) in [5, 5.41) is 0. The van der Waals surface area contributed by atoms with Crippen LogP contribution in [-0.4, -0.2) is 53.8 Å². The van der Waals surface area contributed by atoms with Crippen LogP contribution in [-0.2, 0) is 14.3 Å². The van der Waals surface area contributed by atoms with E-state index < -0.39 is 0 Å². The number of rotatable bonds is 7. The second-order valence-corrected chi connectivity index (χ2v) is 8.85. The molecule has 30 heavy (non-hydrogen) atoms. The first-order valence-corrected chi connectivity index (χ1v) is 11.6. The average Bonchev–Trinajstić information content (AvgIpc) is 3.04. The van der Waals surface area contributed by atoms with E-state index in [-0.39, 0.29) is 29.8 Å².